The van der Waals surface area contributed by atoms with E-state index in [1.807, 2.05) is 57.2 Å². The van der Waals surface area contributed by atoms with E-state index in [4.69, 9.17) is 19.9 Å². The summed E-state index contributed by atoms with van der Waals surface area (Å²) >= 11 is 0. The highest BCUT2D eigenvalue weighted by Crippen LogP contribution is 2.29. The van der Waals surface area contributed by atoms with Gasteiger partial charge < -0.3 is 35.7 Å². The van der Waals surface area contributed by atoms with Crippen LogP contribution in [0.2, 0.25) is 0 Å². The van der Waals surface area contributed by atoms with Crippen molar-refractivity contribution in [3.63, 3.8) is 0 Å². The van der Waals surface area contributed by atoms with Crippen LogP contribution in [0.4, 0.5) is 4.79 Å². The van der Waals surface area contributed by atoms with E-state index in [9.17, 15) is 24.3 Å². The van der Waals surface area contributed by atoms with Crippen molar-refractivity contribution in [3.05, 3.63) is 94.4 Å². The van der Waals surface area contributed by atoms with Crippen molar-refractivity contribution in [1.29, 1.82) is 0 Å². The summed E-state index contributed by atoms with van der Waals surface area (Å²) in [6.45, 7) is 7.46. The topological polar surface area (TPSA) is 166 Å². The molecule has 0 fully saturated rings. The highest BCUT2D eigenvalue weighted by atomic mass is 16.5. The Bertz CT molecular complexity index is 1460. The lowest BCUT2D eigenvalue weighted by Gasteiger charge is -2.30. The molecule has 11 heteroatoms. The summed E-state index contributed by atoms with van der Waals surface area (Å²) in [5, 5.41) is 17.2. The molecule has 0 spiro atoms. The number of rotatable bonds is 7. The minimum atomic E-state index is -0.929. The van der Waals surface area contributed by atoms with E-state index in [2.05, 4.69) is 10.6 Å². The van der Waals surface area contributed by atoms with Gasteiger partial charge in [-0.25, -0.2) is 4.79 Å². The second kappa shape index (κ2) is 17.6. The fourth-order valence-corrected chi connectivity index (χ4v) is 5.78. The highest BCUT2D eigenvalue weighted by Gasteiger charge is 2.33. The van der Waals surface area contributed by atoms with E-state index in [-0.39, 0.29) is 47.4 Å². The summed E-state index contributed by atoms with van der Waals surface area (Å²) in [4.78, 5) is 51.9. The van der Waals surface area contributed by atoms with Crippen LogP contribution < -0.4 is 16.4 Å². The molecular weight excluding hydrogens is 602 g/mol. The first-order valence-corrected chi connectivity index (χ1v) is 15.7. The third-order valence-electron chi connectivity index (χ3n) is 8.50. The first-order chi connectivity index (χ1) is 22.4. The van der Waals surface area contributed by atoms with Crippen LogP contribution in [0.1, 0.15) is 46.1 Å². The predicted octanol–water partition coefficient (Wildman–Crippen LogP) is 3.80. The van der Waals surface area contributed by atoms with Crippen molar-refractivity contribution < 1.29 is 38.5 Å². The second-order valence-electron chi connectivity index (χ2n) is 12.1. The van der Waals surface area contributed by atoms with Crippen LogP contribution in [0.5, 0.6) is 0 Å². The predicted molar refractivity (Wildman–Crippen MR) is 177 cm³/mol. The third-order valence-corrected chi connectivity index (χ3v) is 8.50. The number of methoxy groups -OCH3 is 2. The smallest absolute Gasteiger partial charge is 0.404 e. The maximum Gasteiger partial charge on any atom is 0.404 e. The van der Waals surface area contributed by atoms with Crippen molar-refractivity contribution in [2.75, 3.05) is 20.8 Å². The SMILES string of the molecule is CO[C@H]1/C=C\C=C(/C)C(=O)NC2=CC(=O)C(NCc3ccccc3)=C(C[C@@H](C)C[C@H](OC)[C@H](O)[C@@H](C)/C=C(\C)C1COC(N)=O)C2=O. The molecule has 2 bridgehead atoms. The van der Waals surface area contributed by atoms with Crippen LogP contribution in [0.25, 0.3) is 0 Å². The van der Waals surface area contributed by atoms with Gasteiger partial charge in [0.15, 0.2) is 0 Å². The molecule has 1 aliphatic heterocycles. The fourth-order valence-electron chi connectivity index (χ4n) is 5.78. The summed E-state index contributed by atoms with van der Waals surface area (Å²) < 4.78 is 16.6. The normalized spacial score (nSPS) is 29.5. The minimum absolute atomic E-state index is 0.0721. The number of carbonyl (C=O) groups excluding carboxylic acids is 4. The lowest BCUT2D eigenvalue weighted by molar-refractivity contribution is -0.120. The molecule has 2 amide bonds. The molecule has 1 heterocycles. The molecule has 11 nitrogen and oxygen atoms in total. The molecule has 1 unspecified atom stereocenters. The molecule has 0 saturated carbocycles. The number of nitrogens with one attached hydrogen (secondary N) is 2. The van der Waals surface area contributed by atoms with Gasteiger partial charge in [0.05, 0.1) is 29.7 Å². The molecule has 2 aliphatic rings. The minimum Gasteiger partial charge on any atom is -0.449 e. The molecular formula is C36H47N3O8. The number of carbonyl (C=O) groups is 4. The Morgan fingerprint density at radius 1 is 1.09 bits per heavy atom. The Morgan fingerprint density at radius 3 is 2.43 bits per heavy atom. The van der Waals surface area contributed by atoms with E-state index < -0.39 is 47.8 Å². The van der Waals surface area contributed by atoms with Crippen LogP contribution in [0.3, 0.4) is 0 Å². The Labute approximate surface area is 276 Å². The van der Waals surface area contributed by atoms with E-state index in [1.54, 1.807) is 25.2 Å². The highest BCUT2D eigenvalue weighted by molar-refractivity contribution is 6.23. The molecule has 1 aromatic rings. The van der Waals surface area contributed by atoms with Crippen LogP contribution in [-0.2, 0) is 35.1 Å². The number of hydrogen-bond acceptors (Lipinski definition) is 9. The number of benzene rings is 1. The van der Waals surface area contributed by atoms with Crippen LogP contribution in [0, 0.1) is 17.8 Å². The zero-order valence-corrected chi connectivity index (χ0v) is 27.9. The number of ether oxygens (including phenoxy) is 3. The monoisotopic (exact) mass is 649 g/mol. The number of fused-ring (bicyclic) bond motifs is 2. The Hall–Kier alpha value is -4.32. The largest absolute Gasteiger partial charge is 0.449 e. The Kier molecular flexibility index (Phi) is 13.9. The van der Waals surface area contributed by atoms with Crippen molar-refractivity contribution in [2.24, 2.45) is 23.5 Å². The van der Waals surface area contributed by atoms with Gasteiger partial charge in [-0.15, -0.1) is 0 Å². The lowest BCUT2D eigenvalue weighted by Crippen LogP contribution is -2.37. The van der Waals surface area contributed by atoms with Crippen molar-refractivity contribution >= 4 is 23.6 Å². The quantitative estimate of drug-likeness (QED) is 0.254. The zero-order chi connectivity index (χ0) is 34.7. The number of aliphatic hydroxyl groups excluding tert-OH is 1. The van der Waals surface area contributed by atoms with Gasteiger partial charge in [-0.05, 0) is 38.2 Å². The van der Waals surface area contributed by atoms with Gasteiger partial charge in [-0.2, -0.15) is 0 Å². The van der Waals surface area contributed by atoms with Gasteiger partial charge in [-0.1, -0.05) is 74.1 Å². The summed E-state index contributed by atoms with van der Waals surface area (Å²) in [6.07, 6.45) is 5.44. The van der Waals surface area contributed by atoms with E-state index in [1.165, 1.54) is 14.2 Å². The fraction of sp³-hybridized carbons (Fsp3) is 0.444. The average Bonchev–Trinajstić information content (AvgIpc) is 3.04. The number of aliphatic hydroxyl groups is 1. The first kappa shape index (κ1) is 37.1. The average molecular weight is 650 g/mol. The first-order valence-electron chi connectivity index (χ1n) is 15.7. The number of amides is 2. The number of nitrogens with two attached hydrogens (primary N) is 1. The molecule has 6 atom stereocenters. The molecule has 254 valence electrons. The van der Waals surface area contributed by atoms with Crippen molar-refractivity contribution in [2.45, 2.75) is 65.4 Å². The number of ketones is 2. The van der Waals surface area contributed by atoms with Gasteiger partial charge in [0.1, 0.15) is 6.61 Å². The zero-order valence-electron chi connectivity index (χ0n) is 27.9. The Morgan fingerprint density at radius 2 is 1.79 bits per heavy atom. The lowest BCUT2D eigenvalue weighted by atomic mass is 9.84. The molecule has 0 aromatic heterocycles. The number of allylic oxidation sites excluding steroid dienone is 4. The second-order valence-corrected chi connectivity index (χ2v) is 12.1. The molecule has 1 aromatic carbocycles. The molecule has 5 N–H and O–H groups in total. The van der Waals surface area contributed by atoms with Gasteiger partial charge >= 0.3 is 6.09 Å². The number of Topliss-reactive ketones (excluding diaryl/α,β-unsaturated/α-hetero) is 1. The van der Waals surface area contributed by atoms with Crippen LogP contribution >= 0.6 is 0 Å². The standard InChI is InChI=1S/C36H47N3O8/c1-21-15-26-32(38-19-25-12-8-7-9-13-25)29(40)18-28(34(26)42)39-35(43)22(2)11-10-14-30(45-5)27(20-47-36(37)44)23(3)17-24(4)33(41)31(16-21)46-6/h7-14,17-18,21,24,27,30-31,33,38,41H,15-16,19-20H2,1-6H3,(H2,37,44)(H,39,43)/b14-10-,22-11+,23-17+/t21-,24+,27?,30+,31+,33-/m1/s1. The Balaban J connectivity index is 2.05. The molecule has 1 aliphatic carbocycles. The summed E-state index contributed by atoms with van der Waals surface area (Å²) in [7, 11) is 3.02. The third kappa shape index (κ3) is 10.3. The van der Waals surface area contributed by atoms with Crippen LogP contribution in [-0.4, -0.2) is 67.8 Å². The maximum atomic E-state index is 13.8. The van der Waals surface area contributed by atoms with E-state index >= 15 is 0 Å². The van der Waals surface area contributed by atoms with Gasteiger partial charge in [-0.3, -0.25) is 14.4 Å². The molecule has 47 heavy (non-hydrogen) atoms. The molecule has 3 rings (SSSR count). The van der Waals surface area contributed by atoms with Crippen molar-refractivity contribution in [3.8, 4) is 0 Å². The van der Waals surface area contributed by atoms with Gasteiger partial charge in [0.2, 0.25) is 11.6 Å². The van der Waals surface area contributed by atoms with E-state index in [0.717, 1.165) is 17.2 Å². The summed E-state index contributed by atoms with van der Waals surface area (Å²) in [6, 6.07) is 9.50. The summed E-state index contributed by atoms with van der Waals surface area (Å²) in [5.74, 6) is -2.47. The molecule has 0 radical (unpaired) electrons. The van der Waals surface area contributed by atoms with Crippen molar-refractivity contribution in [1.82, 2.24) is 10.6 Å². The summed E-state index contributed by atoms with van der Waals surface area (Å²) in [5.41, 5.74) is 7.58. The van der Waals surface area contributed by atoms with Crippen LogP contribution in [0.15, 0.2) is 88.8 Å². The maximum absolute atomic E-state index is 13.8. The van der Waals surface area contributed by atoms with Gasteiger partial charge in [0, 0.05) is 49.8 Å². The molecule has 0 saturated heterocycles. The van der Waals surface area contributed by atoms with E-state index in [0.29, 0.717) is 13.0 Å². The van der Waals surface area contributed by atoms with Gasteiger partial charge in [0.25, 0.3) is 5.91 Å². The number of hydrogen-bond donors (Lipinski definition) is 4. The number of primary amides is 1.